The smallest absolute Gasteiger partial charge is 0.166 e. The summed E-state index contributed by atoms with van der Waals surface area (Å²) < 4.78 is 5.56. The van der Waals surface area contributed by atoms with Crippen molar-refractivity contribution < 1.29 is 4.74 Å². The molecule has 4 nitrogen and oxygen atoms in total. The number of benzene rings is 1. The highest BCUT2D eigenvalue weighted by Crippen LogP contribution is 2.31. The van der Waals surface area contributed by atoms with E-state index >= 15 is 0 Å². The van der Waals surface area contributed by atoms with Crippen LogP contribution in [-0.2, 0) is 0 Å². The number of thiocarbonyl (C=S) groups is 1. The van der Waals surface area contributed by atoms with E-state index in [1.165, 1.54) is 31.2 Å². The topological polar surface area (TPSA) is 36.5 Å². The molecule has 120 valence electrons. The van der Waals surface area contributed by atoms with E-state index in [2.05, 4.69) is 27.7 Å². The van der Waals surface area contributed by atoms with Crippen LogP contribution in [0.4, 0.5) is 0 Å². The lowest BCUT2D eigenvalue weighted by molar-refractivity contribution is 0.239. The Hall–Kier alpha value is -1.33. The van der Waals surface area contributed by atoms with Crippen LogP contribution in [0.15, 0.2) is 24.3 Å². The standard InChI is InChI=1S/C17H25N3OS/c1-21-16-7-3-2-6-14(16)15(20-10-4-5-11-20)12-18-17(22)19-13-8-9-13/h2-3,6-7,13,15H,4-5,8-12H2,1H3,(H2,18,19,22)/t15-/m1/s1. The number of likely N-dealkylation sites (tertiary alicyclic amines) is 1. The second-order valence-corrected chi connectivity index (χ2v) is 6.54. The molecule has 1 aliphatic heterocycles. The average molecular weight is 319 g/mol. The summed E-state index contributed by atoms with van der Waals surface area (Å²) in [5.41, 5.74) is 1.24. The third-order valence-electron chi connectivity index (χ3n) is 4.45. The van der Waals surface area contributed by atoms with E-state index in [4.69, 9.17) is 17.0 Å². The van der Waals surface area contributed by atoms with Gasteiger partial charge >= 0.3 is 0 Å². The number of hydrogen-bond acceptors (Lipinski definition) is 3. The van der Waals surface area contributed by atoms with Crippen molar-refractivity contribution in [3.63, 3.8) is 0 Å². The first-order valence-corrected chi connectivity index (χ1v) is 8.60. The first-order chi connectivity index (χ1) is 10.8. The third-order valence-corrected chi connectivity index (χ3v) is 4.71. The SMILES string of the molecule is COc1ccccc1[C@@H](CNC(=S)NC1CC1)N1CCCC1. The van der Waals surface area contributed by atoms with Gasteiger partial charge in [0.2, 0.25) is 0 Å². The maximum atomic E-state index is 5.56. The molecule has 0 spiro atoms. The van der Waals surface area contributed by atoms with Gasteiger partial charge in [0.25, 0.3) is 0 Å². The molecule has 1 atom stereocenters. The third kappa shape index (κ3) is 3.90. The van der Waals surface area contributed by atoms with Crippen LogP contribution in [0.1, 0.15) is 37.3 Å². The fraction of sp³-hybridized carbons (Fsp3) is 0.588. The maximum absolute atomic E-state index is 5.56. The van der Waals surface area contributed by atoms with E-state index in [-0.39, 0.29) is 0 Å². The minimum absolute atomic E-state index is 0.303. The molecule has 0 aromatic heterocycles. The fourth-order valence-electron chi connectivity index (χ4n) is 3.08. The number of nitrogens with zero attached hydrogens (tertiary/aromatic N) is 1. The molecular formula is C17H25N3OS. The molecule has 1 aliphatic carbocycles. The molecule has 22 heavy (non-hydrogen) atoms. The molecule has 2 fully saturated rings. The van der Waals surface area contributed by atoms with E-state index in [0.717, 1.165) is 30.5 Å². The molecule has 0 bridgehead atoms. The summed E-state index contributed by atoms with van der Waals surface area (Å²) in [5, 5.41) is 7.53. The number of hydrogen-bond donors (Lipinski definition) is 2. The Labute approximate surface area is 138 Å². The van der Waals surface area contributed by atoms with Crippen LogP contribution in [0.25, 0.3) is 0 Å². The van der Waals surface area contributed by atoms with E-state index < -0.39 is 0 Å². The van der Waals surface area contributed by atoms with E-state index in [0.29, 0.717) is 12.1 Å². The van der Waals surface area contributed by atoms with Gasteiger partial charge in [-0.3, -0.25) is 4.90 Å². The summed E-state index contributed by atoms with van der Waals surface area (Å²) >= 11 is 5.40. The highest BCUT2D eigenvalue weighted by atomic mass is 32.1. The molecular weight excluding hydrogens is 294 g/mol. The first kappa shape index (κ1) is 15.6. The van der Waals surface area contributed by atoms with Gasteiger partial charge in [0.05, 0.1) is 13.2 Å². The molecule has 1 heterocycles. The molecule has 0 unspecified atom stereocenters. The monoisotopic (exact) mass is 319 g/mol. The maximum Gasteiger partial charge on any atom is 0.166 e. The molecule has 5 heteroatoms. The van der Waals surface area contributed by atoms with Gasteiger partial charge < -0.3 is 15.4 Å². The highest BCUT2D eigenvalue weighted by molar-refractivity contribution is 7.80. The van der Waals surface area contributed by atoms with Crippen LogP contribution in [0.3, 0.4) is 0 Å². The number of methoxy groups -OCH3 is 1. The van der Waals surface area contributed by atoms with Gasteiger partial charge in [-0.05, 0) is 57.1 Å². The fourth-order valence-corrected chi connectivity index (χ4v) is 3.33. The van der Waals surface area contributed by atoms with Gasteiger partial charge in [-0.1, -0.05) is 18.2 Å². The summed E-state index contributed by atoms with van der Waals surface area (Å²) in [6.07, 6.45) is 5.03. The molecule has 1 saturated carbocycles. The van der Waals surface area contributed by atoms with E-state index in [9.17, 15) is 0 Å². The van der Waals surface area contributed by atoms with Crippen LogP contribution in [0.2, 0.25) is 0 Å². The van der Waals surface area contributed by atoms with Crippen LogP contribution < -0.4 is 15.4 Å². The van der Waals surface area contributed by atoms with Crippen molar-refractivity contribution in [3.8, 4) is 5.75 Å². The van der Waals surface area contributed by atoms with Crippen molar-refractivity contribution in [2.24, 2.45) is 0 Å². The number of rotatable bonds is 6. The highest BCUT2D eigenvalue weighted by Gasteiger charge is 2.27. The lowest BCUT2D eigenvalue weighted by atomic mass is 10.0. The van der Waals surface area contributed by atoms with Crippen molar-refractivity contribution in [2.45, 2.75) is 37.8 Å². The van der Waals surface area contributed by atoms with Crippen molar-refractivity contribution in [1.29, 1.82) is 0 Å². The second-order valence-electron chi connectivity index (χ2n) is 6.13. The van der Waals surface area contributed by atoms with Crippen molar-refractivity contribution >= 4 is 17.3 Å². The van der Waals surface area contributed by atoms with Gasteiger partial charge in [0, 0.05) is 18.2 Å². The molecule has 1 aromatic carbocycles. The molecule has 1 aromatic rings. The molecule has 0 amide bonds. The Balaban J connectivity index is 1.69. The summed E-state index contributed by atoms with van der Waals surface area (Å²) in [7, 11) is 1.74. The summed E-state index contributed by atoms with van der Waals surface area (Å²) in [4.78, 5) is 2.53. The van der Waals surface area contributed by atoms with Gasteiger partial charge in [-0.25, -0.2) is 0 Å². The zero-order valence-electron chi connectivity index (χ0n) is 13.2. The van der Waals surface area contributed by atoms with Gasteiger partial charge in [0.15, 0.2) is 5.11 Å². The number of nitrogens with one attached hydrogen (secondary N) is 2. The lowest BCUT2D eigenvalue weighted by Gasteiger charge is -2.29. The predicted molar refractivity (Wildman–Crippen MR) is 93.3 cm³/mol. The van der Waals surface area contributed by atoms with Gasteiger partial charge in [-0.15, -0.1) is 0 Å². The van der Waals surface area contributed by atoms with Crippen LogP contribution in [0.5, 0.6) is 5.75 Å². The Morgan fingerprint density at radius 1 is 1.32 bits per heavy atom. The zero-order valence-corrected chi connectivity index (χ0v) is 14.0. The van der Waals surface area contributed by atoms with Crippen LogP contribution in [-0.4, -0.2) is 42.8 Å². The minimum Gasteiger partial charge on any atom is -0.496 e. The Morgan fingerprint density at radius 2 is 2.05 bits per heavy atom. The predicted octanol–water partition coefficient (Wildman–Crippen LogP) is 2.46. The minimum atomic E-state index is 0.303. The molecule has 2 N–H and O–H groups in total. The van der Waals surface area contributed by atoms with Crippen molar-refractivity contribution in [1.82, 2.24) is 15.5 Å². The Morgan fingerprint density at radius 3 is 2.73 bits per heavy atom. The van der Waals surface area contributed by atoms with E-state index in [1.807, 2.05) is 12.1 Å². The molecule has 1 saturated heterocycles. The van der Waals surface area contributed by atoms with Crippen molar-refractivity contribution in [3.05, 3.63) is 29.8 Å². The van der Waals surface area contributed by atoms with Crippen LogP contribution >= 0.6 is 12.2 Å². The summed E-state index contributed by atoms with van der Waals surface area (Å²) in [6, 6.07) is 9.21. The second kappa shape index (κ2) is 7.29. The molecule has 2 aliphatic rings. The molecule has 3 rings (SSSR count). The largest absolute Gasteiger partial charge is 0.496 e. The van der Waals surface area contributed by atoms with Gasteiger partial charge in [-0.2, -0.15) is 0 Å². The Kier molecular flexibility index (Phi) is 5.16. The van der Waals surface area contributed by atoms with Gasteiger partial charge in [0.1, 0.15) is 5.75 Å². The lowest BCUT2D eigenvalue weighted by Crippen LogP contribution is -2.42. The Bertz CT molecular complexity index is 512. The summed E-state index contributed by atoms with van der Waals surface area (Å²) in [5.74, 6) is 0.960. The quantitative estimate of drug-likeness (QED) is 0.788. The van der Waals surface area contributed by atoms with E-state index in [1.54, 1.807) is 7.11 Å². The van der Waals surface area contributed by atoms with Crippen molar-refractivity contribution in [2.75, 3.05) is 26.7 Å². The van der Waals surface area contributed by atoms with Crippen LogP contribution in [0, 0.1) is 0 Å². The number of ether oxygens (including phenoxy) is 1. The average Bonchev–Trinajstić information content (AvgIpc) is 3.18. The number of para-hydroxylation sites is 1. The zero-order chi connectivity index (χ0) is 15.4. The molecule has 0 radical (unpaired) electrons. The summed E-state index contributed by atoms with van der Waals surface area (Å²) in [6.45, 7) is 3.11. The first-order valence-electron chi connectivity index (χ1n) is 8.19. The normalized spacial score (nSPS) is 19.7.